The topological polar surface area (TPSA) is 44.2 Å². The summed E-state index contributed by atoms with van der Waals surface area (Å²) in [5.41, 5.74) is 0.899. The van der Waals surface area contributed by atoms with E-state index >= 15 is 0 Å². The molecule has 0 radical (unpaired) electrons. The van der Waals surface area contributed by atoms with Crippen molar-refractivity contribution in [3.05, 3.63) is 18.1 Å². The van der Waals surface area contributed by atoms with Gasteiger partial charge in [0.2, 0.25) is 5.88 Å². The van der Waals surface area contributed by atoms with Gasteiger partial charge in [-0.2, -0.15) is 0 Å². The molecule has 0 amide bonds. The predicted molar refractivity (Wildman–Crippen MR) is 52.2 cm³/mol. The number of nitrogens with zero attached hydrogens (tertiary/aromatic N) is 2. The molecule has 1 rings (SSSR count). The Morgan fingerprint density at radius 3 is 2.92 bits per heavy atom. The minimum absolute atomic E-state index is 0.513. The van der Waals surface area contributed by atoms with E-state index in [1.165, 1.54) is 6.33 Å². The summed E-state index contributed by atoms with van der Waals surface area (Å²) in [7, 11) is 0. The molecule has 0 N–H and O–H groups in total. The minimum Gasteiger partial charge on any atom is -0.475 e. The van der Waals surface area contributed by atoms with Crippen LogP contribution in [0.2, 0.25) is 0 Å². The average molecular weight is 280 g/mol. The molecule has 0 aliphatic carbocycles. The maximum Gasteiger partial charge on any atom is 0.216 e. The lowest BCUT2D eigenvalue weighted by Crippen LogP contribution is -2.04. The molecule has 1 aromatic rings. The Morgan fingerprint density at radius 2 is 2.25 bits per heavy atom. The van der Waals surface area contributed by atoms with Gasteiger partial charge < -0.3 is 7.80 Å². The Morgan fingerprint density at radius 1 is 1.42 bits per heavy atom. The highest BCUT2D eigenvalue weighted by Crippen LogP contribution is 2.05. The SMILES string of the molecule is Cc1cc(OCCOI)ncn1. The van der Waals surface area contributed by atoms with Crippen LogP contribution < -0.4 is 4.74 Å². The quantitative estimate of drug-likeness (QED) is 0.619. The van der Waals surface area contributed by atoms with E-state index in [0.717, 1.165) is 5.69 Å². The second kappa shape index (κ2) is 5.26. The third-order valence-corrected chi connectivity index (χ3v) is 1.63. The Bertz CT molecular complexity index is 245. The van der Waals surface area contributed by atoms with Crippen LogP contribution in [0.5, 0.6) is 5.88 Å². The zero-order chi connectivity index (χ0) is 8.81. The van der Waals surface area contributed by atoms with Crippen LogP contribution in [0.3, 0.4) is 0 Å². The van der Waals surface area contributed by atoms with Gasteiger partial charge in [0.15, 0.2) is 0 Å². The van der Waals surface area contributed by atoms with Gasteiger partial charge in [-0.15, -0.1) is 0 Å². The summed E-state index contributed by atoms with van der Waals surface area (Å²) in [5.74, 6) is 0.593. The van der Waals surface area contributed by atoms with E-state index in [9.17, 15) is 0 Å². The first-order valence-corrected chi connectivity index (χ1v) is 4.36. The molecule has 66 valence electrons. The summed E-state index contributed by atoms with van der Waals surface area (Å²) in [5, 5.41) is 0. The summed E-state index contributed by atoms with van der Waals surface area (Å²) in [4.78, 5) is 7.86. The molecule has 0 bridgehead atoms. The molecule has 0 saturated carbocycles. The highest BCUT2D eigenvalue weighted by molar-refractivity contribution is 14.1. The number of hydrogen-bond acceptors (Lipinski definition) is 4. The van der Waals surface area contributed by atoms with E-state index in [2.05, 4.69) is 9.97 Å². The average Bonchev–Trinajstić information content (AvgIpc) is 2.05. The van der Waals surface area contributed by atoms with Gasteiger partial charge in [0.05, 0.1) is 6.61 Å². The number of halogens is 1. The Labute approximate surface area is 85.0 Å². The molecule has 1 heterocycles. The van der Waals surface area contributed by atoms with Crippen molar-refractivity contribution in [1.29, 1.82) is 0 Å². The first-order valence-electron chi connectivity index (χ1n) is 3.48. The Kier molecular flexibility index (Phi) is 4.23. The molecular weight excluding hydrogens is 271 g/mol. The molecule has 4 nitrogen and oxygen atoms in total. The first kappa shape index (κ1) is 9.66. The van der Waals surface area contributed by atoms with Gasteiger partial charge >= 0.3 is 0 Å². The molecule has 0 aromatic carbocycles. The molecule has 0 fully saturated rings. The van der Waals surface area contributed by atoms with E-state index in [1.54, 1.807) is 6.07 Å². The second-order valence-corrected chi connectivity index (χ2v) is 2.78. The van der Waals surface area contributed by atoms with E-state index in [0.29, 0.717) is 19.1 Å². The fraction of sp³-hybridized carbons (Fsp3) is 0.429. The van der Waals surface area contributed by atoms with Gasteiger partial charge in [-0.05, 0) is 6.92 Å². The summed E-state index contributed by atoms with van der Waals surface area (Å²) in [6, 6.07) is 1.78. The molecule has 0 aliphatic rings. The minimum atomic E-state index is 0.513. The normalized spacial score (nSPS) is 9.83. The molecule has 0 unspecified atom stereocenters. The molecule has 0 spiro atoms. The maximum absolute atomic E-state index is 5.25. The van der Waals surface area contributed by atoms with Crippen molar-refractivity contribution in [3.8, 4) is 5.88 Å². The summed E-state index contributed by atoms with van der Waals surface area (Å²) >= 11 is 1.82. The molecule has 5 heteroatoms. The molecule has 0 aliphatic heterocycles. The van der Waals surface area contributed by atoms with Gasteiger partial charge in [0, 0.05) is 11.8 Å². The van der Waals surface area contributed by atoms with Crippen molar-refractivity contribution in [3.63, 3.8) is 0 Å². The molecule has 0 saturated heterocycles. The van der Waals surface area contributed by atoms with Crippen molar-refractivity contribution in [1.82, 2.24) is 9.97 Å². The lowest BCUT2D eigenvalue weighted by molar-refractivity contribution is 0.248. The van der Waals surface area contributed by atoms with Crippen LogP contribution in [0.1, 0.15) is 5.69 Å². The Balaban J connectivity index is 2.41. The monoisotopic (exact) mass is 280 g/mol. The van der Waals surface area contributed by atoms with Crippen LogP contribution in [0.4, 0.5) is 0 Å². The fourth-order valence-electron chi connectivity index (χ4n) is 0.687. The van der Waals surface area contributed by atoms with Crippen LogP contribution in [-0.2, 0) is 3.07 Å². The predicted octanol–water partition coefficient (Wildman–Crippen LogP) is 1.53. The highest BCUT2D eigenvalue weighted by Gasteiger charge is 1.94. The fourth-order valence-corrected chi connectivity index (χ4v) is 0.867. The van der Waals surface area contributed by atoms with Crippen LogP contribution in [0.25, 0.3) is 0 Å². The van der Waals surface area contributed by atoms with Crippen molar-refractivity contribution < 1.29 is 7.80 Å². The zero-order valence-electron chi connectivity index (χ0n) is 6.66. The molecule has 1 aromatic heterocycles. The number of hydrogen-bond donors (Lipinski definition) is 0. The van der Waals surface area contributed by atoms with Crippen molar-refractivity contribution in [2.75, 3.05) is 13.2 Å². The lowest BCUT2D eigenvalue weighted by Gasteiger charge is -2.02. The maximum atomic E-state index is 5.25. The van der Waals surface area contributed by atoms with Crippen LogP contribution in [0, 0.1) is 6.92 Å². The van der Waals surface area contributed by atoms with Crippen molar-refractivity contribution in [2.24, 2.45) is 0 Å². The molecular formula is C7H9IN2O2. The molecule has 0 atom stereocenters. The van der Waals surface area contributed by atoms with E-state index in [-0.39, 0.29) is 0 Å². The standard InChI is InChI=1S/C7H9IN2O2/c1-6-4-7(10-5-9-6)11-2-3-12-8/h4-5H,2-3H2,1H3. The van der Waals surface area contributed by atoms with Crippen LogP contribution in [0.15, 0.2) is 12.4 Å². The summed E-state index contributed by atoms with van der Waals surface area (Å²) < 4.78 is 10.0. The van der Waals surface area contributed by atoms with Gasteiger partial charge in [-0.1, -0.05) is 0 Å². The van der Waals surface area contributed by atoms with Gasteiger partial charge in [-0.25, -0.2) is 9.97 Å². The number of rotatable bonds is 4. The van der Waals surface area contributed by atoms with E-state index < -0.39 is 0 Å². The third kappa shape index (κ3) is 3.31. The van der Waals surface area contributed by atoms with Crippen LogP contribution >= 0.6 is 23.0 Å². The molecule has 12 heavy (non-hydrogen) atoms. The van der Waals surface area contributed by atoms with Crippen molar-refractivity contribution in [2.45, 2.75) is 6.92 Å². The zero-order valence-corrected chi connectivity index (χ0v) is 8.82. The van der Waals surface area contributed by atoms with Gasteiger partial charge in [0.25, 0.3) is 0 Å². The second-order valence-electron chi connectivity index (χ2n) is 2.16. The van der Waals surface area contributed by atoms with E-state index in [1.807, 2.05) is 29.9 Å². The summed E-state index contributed by atoms with van der Waals surface area (Å²) in [6.45, 7) is 2.96. The lowest BCUT2D eigenvalue weighted by atomic mass is 10.4. The number of ether oxygens (including phenoxy) is 1. The first-order chi connectivity index (χ1) is 5.83. The smallest absolute Gasteiger partial charge is 0.216 e. The highest BCUT2D eigenvalue weighted by atomic mass is 127. The Hall–Kier alpha value is -0.430. The number of aryl methyl sites for hydroxylation is 1. The largest absolute Gasteiger partial charge is 0.475 e. The van der Waals surface area contributed by atoms with Crippen molar-refractivity contribution >= 4 is 23.0 Å². The van der Waals surface area contributed by atoms with Gasteiger partial charge in [0.1, 0.15) is 35.9 Å². The summed E-state index contributed by atoms with van der Waals surface area (Å²) in [6.07, 6.45) is 1.48. The van der Waals surface area contributed by atoms with Crippen LogP contribution in [-0.4, -0.2) is 23.2 Å². The van der Waals surface area contributed by atoms with Gasteiger partial charge in [-0.3, -0.25) is 0 Å². The van der Waals surface area contributed by atoms with E-state index in [4.69, 9.17) is 7.80 Å². The third-order valence-electron chi connectivity index (χ3n) is 1.19. The number of aromatic nitrogens is 2.